The molecule has 130 valence electrons. The van der Waals surface area contributed by atoms with Gasteiger partial charge >= 0.3 is 0 Å². The number of amides is 2. The van der Waals surface area contributed by atoms with Crippen LogP contribution < -0.4 is 10.6 Å². The average Bonchev–Trinajstić information content (AvgIpc) is 3.21. The zero-order valence-electron chi connectivity index (χ0n) is 13.4. The summed E-state index contributed by atoms with van der Waals surface area (Å²) in [6.45, 7) is 2.30. The molecule has 3 unspecified atom stereocenters. The number of β-amino-alcohol motifs (C(OH)–C–C–N with tert-alkyl or cyclic N) is 1. The van der Waals surface area contributed by atoms with Gasteiger partial charge in [-0.2, -0.15) is 0 Å². The van der Waals surface area contributed by atoms with Gasteiger partial charge in [0.25, 0.3) is 5.91 Å². The predicted molar refractivity (Wildman–Crippen MR) is 93.6 cm³/mol. The summed E-state index contributed by atoms with van der Waals surface area (Å²) in [4.78, 5) is 26.8. The average molecular weight is 396 g/mol. The monoisotopic (exact) mass is 395 g/mol. The van der Waals surface area contributed by atoms with Crippen LogP contribution in [-0.4, -0.2) is 60.1 Å². The van der Waals surface area contributed by atoms with Crippen molar-refractivity contribution < 1.29 is 14.7 Å². The van der Waals surface area contributed by atoms with Crippen LogP contribution >= 0.6 is 15.9 Å². The molecule has 2 heterocycles. The zero-order chi connectivity index (χ0) is 17.1. The van der Waals surface area contributed by atoms with Gasteiger partial charge in [-0.3, -0.25) is 9.59 Å². The van der Waals surface area contributed by atoms with E-state index in [1.165, 1.54) is 0 Å². The van der Waals surface area contributed by atoms with E-state index in [1.807, 2.05) is 12.1 Å². The summed E-state index contributed by atoms with van der Waals surface area (Å²) in [6, 6.07) is 6.76. The fraction of sp³-hybridized carbons (Fsp3) is 0.529. The SMILES string of the molecule is O=C(NCC1CNCC1O)C1CCCN1C(=O)c1ccc(Br)cc1. The third kappa shape index (κ3) is 3.79. The smallest absolute Gasteiger partial charge is 0.254 e. The summed E-state index contributed by atoms with van der Waals surface area (Å²) < 4.78 is 0.915. The van der Waals surface area contributed by atoms with Crippen molar-refractivity contribution in [3.05, 3.63) is 34.3 Å². The van der Waals surface area contributed by atoms with E-state index in [9.17, 15) is 14.7 Å². The summed E-state index contributed by atoms with van der Waals surface area (Å²) in [7, 11) is 0. The number of aliphatic hydroxyl groups is 1. The molecular formula is C17H22BrN3O3. The second-order valence-corrected chi connectivity index (χ2v) is 7.31. The Balaban J connectivity index is 1.60. The predicted octanol–water partition coefficient (Wildman–Crippen LogP) is 0.750. The molecule has 1 aromatic carbocycles. The highest BCUT2D eigenvalue weighted by atomic mass is 79.9. The van der Waals surface area contributed by atoms with Crippen LogP contribution in [0, 0.1) is 5.92 Å². The third-order valence-electron chi connectivity index (χ3n) is 4.75. The number of carbonyl (C=O) groups is 2. The molecule has 2 amide bonds. The highest BCUT2D eigenvalue weighted by molar-refractivity contribution is 9.10. The molecule has 0 aromatic heterocycles. The molecule has 2 saturated heterocycles. The number of halogens is 1. The topological polar surface area (TPSA) is 81.7 Å². The minimum absolute atomic E-state index is 0.0333. The summed E-state index contributed by atoms with van der Waals surface area (Å²) in [5.41, 5.74) is 0.591. The van der Waals surface area contributed by atoms with Gasteiger partial charge in [-0.15, -0.1) is 0 Å². The molecule has 0 spiro atoms. The maximum Gasteiger partial charge on any atom is 0.254 e. The second kappa shape index (κ2) is 7.63. The van der Waals surface area contributed by atoms with Crippen molar-refractivity contribution in [1.29, 1.82) is 0 Å². The van der Waals surface area contributed by atoms with E-state index in [2.05, 4.69) is 26.6 Å². The van der Waals surface area contributed by atoms with Crippen molar-refractivity contribution in [3.63, 3.8) is 0 Å². The lowest BCUT2D eigenvalue weighted by molar-refractivity contribution is -0.125. The molecular weight excluding hydrogens is 374 g/mol. The Kier molecular flexibility index (Phi) is 5.53. The fourth-order valence-corrected chi connectivity index (χ4v) is 3.58. The van der Waals surface area contributed by atoms with Crippen molar-refractivity contribution in [3.8, 4) is 0 Å². The summed E-state index contributed by atoms with van der Waals surface area (Å²) in [5, 5.41) is 15.8. The first-order valence-electron chi connectivity index (χ1n) is 8.29. The van der Waals surface area contributed by atoms with E-state index in [0.29, 0.717) is 38.2 Å². The first kappa shape index (κ1) is 17.4. The number of nitrogens with one attached hydrogen (secondary N) is 2. The minimum atomic E-state index is -0.423. The van der Waals surface area contributed by atoms with Crippen molar-refractivity contribution in [2.75, 3.05) is 26.2 Å². The quantitative estimate of drug-likeness (QED) is 0.702. The van der Waals surface area contributed by atoms with Gasteiger partial charge in [0.15, 0.2) is 0 Å². The summed E-state index contributed by atoms with van der Waals surface area (Å²) in [5.74, 6) is -0.203. The largest absolute Gasteiger partial charge is 0.391 e. The Morgan fingerprint density at radius 1 is 1.29 bits per heavy atom. The van der Waals surface area contributed by atoms with Gasteiger partial charge in [-0.05, 0) is 37.1 Å². The van der Waals surface area contributed by atoms with Crippen LogP contribution in [0.5, 0.6) is 0 Å². The number of hydrogen-bond acceptors (Lipinski definition) is 4. The first-order valence-corrected chi connectivity index (χ1v) is 9.08. The standard InChI is InChI=1S/C17H22BrN3O3/c18-13-5-3-11(4-6-13)17(24)21-7-1-2-14(21)16(23)20-9-12-8-19-10-15(12)22/h3-6,12,14-15,19,22H,1-2,7-10H2,(H,20,23). The minimum Gasteiger partial charge on any atom is -0.391 e. The third-order valence-corrected chi connectivity index (χ3v) is 5.28. The number of carbonyl (C=O) groups excluding carboxylic acids is 2. The molecule has 2 aliphatic rings. The Morgan fingerprint density at radius 3 is 2.71 bits per heavy atom. The zero-order valence-corrected chi connectivity index (χ0v) is 15.0. The Labute approximate surface area is 149 Å². The van der Waals surface area contributed by atoms with Gasteiger partial charge in [0.05, 0.1) is 6.10 Å². The van der Waals surface area contributed by atoms with Gasteiger partial charge in [-0.25, -0.2) is 0 Å². The van der Waals surface area contributed by atoms with E-state index in [4.69, 9.17) is 0 Å². The van der Waals surface area contributed by atoms with E-state index in [-0.39, 0.29) is 17.7 Å². The molecule has 2 fully saturated rings. The molecule has 2 aliphatic heterocycles. The molecule has 0 radical (unpaired) electrons. The normalized spacial score (nSPS) is 26.6. The van der Waals surface area contributed by atoms with E-state index in [0.717, 1.165) is 10.9 Å². The van der Waals surface area contributed by atoms with Crippen molar-refractivity contribution in [2.24, 2.45) is 5.92 Å². The number of likely N-dealkylation sites (tertiary alicyclic amines) is 1. The summed E-state index contributed by atoms with van der Waals surface area (Å²) in [6.07, 6.45) is 1.09. The van der Waals surface area contributed by atoms with E-state index < -0.39 is 12.1 Å². The number of nitrogens with zero attached hydrogens (tertiary/aromatic N) is 1. The van der Waals surface area contributed by atoms with Gasteiger partial charge < -0.3 is 20.6 Å². The summed E-state index contributed by atoms with van der Waals surface area (Å²) >= 11 is 3.36. The van der Waals surface area contributed by atoms with Crippen LogP contribution in [0.2, 0.25) is 0 Å². The van der Waals surface area contributed by atoms with Gasteiger partial charge in [0.1, 0.15) is 6.04 Å². The molecule has 0 aliphatic carbocycles. The van der Waals surface area contributed by atoms with Crippen LogP contribution in [0.25, 0.3) is 0 Å². The van der Waals surface area contributed by atoms with Crippen LogP contribution in [0.15, 0.2) is 28.7 Å². The lowest BCUT2D eigenvalue weighted by atomic mass is 10.1. The molecule has 1 aromatic rings. The van der Waals surface area contributed by atoms with Crippen molar-refractivity contribution in [2.45, 2.75) is 25.0 Å². The Morgan fingerprint density at radius 2 is 2.04 bits per heavy atom. The van der Waals surface area contributed by atoms with Crippen LogP contribution in [0.4, 0.5) is 0 Å². The maximum absolute atomic E-state index is 12.7. The molecule has 3 atom stereocenters. The highest BCUT2D eigenvalue weighted by Gasteiger charge is 2.35. The fourth-order valence-electron chi connectivity index (χ4n) is 3.32. The van der Waals surface area contributed by atoms with Gasteiger partial charge in [0.2, 0.25) is 5.91 Å². The van der Waals surface area contributed by atoms with Crippen LogP contribution in [-0.2, 0) is 4.79 Å². The lowest BCUT2D eigenvalue weighted by Crippen LogP contribution is -2.47. The Hall–Kier alpha value is -1.44. The molecule has 0 bridgehead atoms. The van der Waals surface area contributed by atoms with Crippen LogP contribution in [0.1, 0.15) is 23.2 Å². The molecule has 7 heteroatoms. The number of rotatable bonds is 4. The van der Waals surface area contributed by atoms with Crippen LogP contribution in [0.3, 0.4) is 0 Å². The molecule has 3 N–H and O–H groups in total. The van der Waals surface area contributed by atoms with E-state index >= 15 is 0 Å². The first-order chi connectivity index (χ1) is 11.6. The van der Waals surface area contributed by atoms with Gasteiger partial charge in [0, 0.05) is 42.1 Å². The number of hydrogen-bond donors (Lipinski definition) is 3. The highest BCUT2D eigenvalue weighted by Crippen LogP contribution is 2.21. The van der Waals surface area contributed by atoms with E-state index in [1.54, 1.807) is 17.0 Å². The Bertz CT molecular complexity index is 608. The molecule has 6 nitrogen and oxygen atoms in total. The number of benzene rings is 1. The second-order valence-electron chi connectivity index (χ2n) is 6.39. The maximum atomic E-state index is 12.7. The van der Waals surface area contributed by atoms with Gasteiger partial charge in [-0.1, -0.05) is 15.9 Å². The molecule has 0 saturated carbocycles. The molecule has 3 rings (SSSR count). The number of aliphatic hydroxyl groups excluding tert-OH is 1. The lowest BCUT2D eigenvalue weighted by Gasteiger charge is -2.25. The molecule has 24 heavy (non-hydrogen) atoms. The van der Waals surface area contributed by atoms with Crippen molar-refractivity contribution >= 4 is 27.7 Å². The van der Waals surface area contributed by atoms with Crippen molar-refractivity contribution in [1.82, 2.24) is 15.5 Å².